The third kappa shape index (κ3) is 5.55. The molecule has 1 amide bonds. The van der Waals surface area contributed by atoms with Crippen molar-refractivity contribution in [2.45, 2.75) is 32.4 Å². The largest absolute Gasteiger partial charge is 0.497 e. The van der Waals surface area contributed by atoms with Crippen LogP contribution < -0.4 is 9.47 Å². The Labute approximate surface area is 264 Å². The van der Waals surface area contributed by atoms with Crippen LogP contribution in [0.2, 0.25) is 0 Å². The highest BCUT2D eigenvalue weighted by Gasteiger charge is 2.32. The van der Waals surface area contributed by atoms with Crippen molar-refractivity contribution in [2.24, 2.45) is 0 Å². The summed E-state index contributed by atoms with van der Waals surface area (Å²) in [6.45, 7) is 5.85. The molecular formula is C35H33N5O4S. The second kappa shape index (κ2) is 11.4. The molecule has 0 atom stereocenters. The van der Waals surface area contributed by atoms with E-state index in [4.69, 9.17) is 18.9 Å². The molecule has 228 valence electrons. The third-order valence-corrected chi connectivity index (χ3v) is 9.53. The molecule has 3 aromatic heterocycles. The van der Waals surface area contributed by atoms with Crippen LogP contribution in [0.4, 0.5) is 0 Å². The first kappa shape index (κ1) is 27.8. The summed E-state index contributed by atoms with van der Waals surface area (Å²) >= 11 is 1.54. The molecule has 6 aromatic rings. The van der Waals surface area contributed by atoms with Gasteiger partial charge in [0.25, 0.3) is 5.91 Å². The highest BCUT2D eigenvalue weighted by Crippen LogP contribution is 2.34. The minimum Gasteiger partial charge on any atom is -0.497 e. The van der Waals surface area contributed by atoms with Gasteiger partial charge >= 0.3 is 0 Å². The van der Waals surface area contributed by atoms with Crippen LogP contribution in [0, 0.1) is 6.92 Å². The Bertz CT molecular complexity index is 1980. The second-order valence-electron chi connectivity index (χ2n) is 11.7. The van der Waals surface area contributed by atoms with Crippen LogP contribution in [0.15, 0.2) is 77.3 Å². The smallest absolute Gasteiger partial charge is 0.253 e. The standard InChI is InChI=1S/C35H33N5O4S/c1-22-37-40-20-31(36-35(40)45-22)33-19-30-26(17-29(42-2)18-32(30)44-33)21-43-28-5-3-4-25(16-28)23-6-8-24(9-7-23)34(41)39-14-12-38(13-15-39)27-10-11-27/h3-9,16-20,27H,10-15,21H2,1-2H3. The number of carbonyl (C=O) groups excluding carboxylic acids is 1. The predicted molar refractivity (Wildman–Crippen MR) is 174 cm³/mol. The van der Waals surface area contributed by atoms with E-state index in [0.29, 0.717) is 23.7 Å². The predicted octanol–water partition coefficient (Wildman–Crippen LogP) is 6.69. The molecule has 45 heavy (non-hydrogen) atoms. The average Bonchev–Trinajstić information content (AvgIpc) is 3.57. The van der Waals surface area contributed by atoms with Gasteiger partial charge in [-0.3, -0.25) is 9.69 Å². The zero-order valence-electron chi connectivity index (χ0n) is 25.2. The van der Waals surface area contributed by atoms with Gasteiger partial charge in [0.1, 0.15) is 34.4 Å². The lowest BCUT2D eigenvalue weighted by Crippen LogP contribution is -2.49. The number of nitrogens with zero attached hydrogens (tertiary/aromatic N) is 5. The third-order valence-electron chi connectivity index (χ3n) is 8.69. The maximum absolute atomic E-state index is 13.1. The van der Waals surface area contributed by atoms with Crippen LogP contribution in [0.1, 0.15) is 33.8 Å². The molecule has 9 nitrogen and oxygen atoms in total. The first-order valence-corrected chi connectivity index (χ1v) is 16.1. The molecule has 3 aromatic carbocycles. The van der Waals surface area contributed by atoms with Gasteiger partial charge in [0.15, 0.2) is 5.76 Å². The number of aromatic nitrogens is 3. The number of amides is 1. The highest BCUT2D eigenvalue weighted by atomic mass is 32.1. The van der Waals surface area contributed by atoms with Crippen LogP contribution in [0.3, 0.4) is 0 Å². The summed E-state index contributed by atoms with van der Waals surface area (Å²) in [6.07, 6.45) is 4.50. The Morgan fingerprint density at radius 2 is 1.80 bits per heavy atom. The van der Waals surface area contributed by atoms with Crippen molar-refractivity contribution in [3.8, 4) is 34.1 Å². The van der Waals surface area contributed by atoms with Crippen molar-refractivity contribution < 1.29 is 18.7 Å². The molecule has 0 bridgehead atoms. The number of piperazine rings is 1. The molecule has 0 unspecified atom stereocenters. The summed E-state index contributed by atoms with van der Waals surface area (Å²) in [6, 6.07) is 22.5. The Morgan fingerprint density at radius 1 is 0.978 bits per heavy atom. The molecule has 1 saturated carbocycles. The van der Waals surface area contributed by atoms with Gasteiger partial charge in [0.2, 0.25) is 4.96 Å². The summed E-state index contributed by atoms with van der Waals surface area (Å²) in [4.78, 5) is 23.2. The Balaban J connectivity index is 0.976. The summed E-state index contributed by atoms with van der Waals surface area (Å²) in [7, 11) is 1.64. The van der Waals surface area contributed by atoms with Crippen LogP contribution in [0.25, 0.3) is 38.5 Å². The van der Waals surface area contributed by atoms with E-state index in [1.807, 2.05) is 78.7 Å². The number of hydrogen-bond donors (Lipinski definition) is 0. The van der Waals surface area contributed by atoms with Gasteiger partial charge in [-0.15, -0.1) is 0 Å². The zero-order chi connectivity index (χ0) is 30.5. The molecule has 1 aliphatic heterocycles. The monoisotopic (exact) mass is 619 g/mol. The van der Waals surface area contributed by atoms with Crippen molar-refractivity contribution >= 4 is 33.2 Å². The first-order chi connectivity index (χ1) is 22.0. The van der Waals surface area contributed by atoms with Crippen LogP contribution in [0.5, 0.6) is 11.5 Å². The Hall–Kier alpha value is -4.67. The second-order valence-corrected chi connectivity index (χ2v) is 12.9. The summed E-state index contributed by atoms with van der Waals surface area (Å²) in [5, 5.41) is 6.36. The van der Waals surface area contributed by atoms with E-state index in [-0.39, 0.29) is 5.91 Å². The topological polar surface area (TPSA) is 85.3 Å². The van der Waals surface area contributed by atoms with E-state index < -0.39 is 0 Å². The van der Waals surface area contributed by atoms with Crippen molar-refractivity contribution in [3.05, 3.63) is 89.1 Å². The fraction of sp³-hybridized carbons (Fsp3) is 0.286. The van der Waals surface area contributed by atoms with Crippen LogP contribution in [-0.2, 0) is 6.61 Å². The molecule has 1 saturated heterocycles. The van der Waals surface area contributed by atoms with Crippen LogP contribution in [-0.4, -0.2) is 69.6 Å². The number of carbonyl (C=O) groups is 1. The van der Waals surface area contributed by atoms with E-state index in [1.54, 1.807) is 11.6 Å². The number of methoxy groups -OCH3 is 1. The first-order valence-electron chi connectivity index (χ1n) is 15.3. The number of benzene rings is 3. The average molecular weight is 620 g/mol. The molecule has 2 fully saturated rings. The Kier molecular flexibility index (Phi) is 7.03. The molecule has 2 aliphatic rings. The van der Waals surface area contributed by atoms with E-state index >= 15 is 0 Å². The lowest BCUT2D eigenvalue weighted by atomic mass is 10.0. The van der Waals surface area contributed by atoms with Gasteiger partial charge in [0.05, 0.1) is 13.3 Å². The summed E-state index contributed by atoms with van der Waals surface area (Å²) < 4.78 is 19.9. The van der Waals surface area contributed by atoms with Crippen molar-refractivity contribution in [1.29, 1.82) is 0 Å². The molecular weight excluding hydrogens is 586 g/mol. The van der Waals surface area contributed by atoms with Gasteiger partial charge in [-0.2, -0.15) is 5.10 Å². The van der Waals surface area contributed by atoms with Crippen molar-refractivity contribution in [3.63, 3.8) is 0 Å². The number of aryl methyl sites for hydroxylation is 1. The molecule has 0 spiro atoms. The van der Waals surface area contributed by atoms with Crippen molar-refractivity contribution in [2.75, 3.05) is 33.3 Å². The molecule has 0 radical (unpaired) electrons. The maximum atomic E-state index is 13.1. The normalized spacial score (nSPS) is 15.6. The number of ether oxygens (including phenoxy) is 2. The quantitative estimate of drug-likeness (QED) is 0.188. The number of hydrogen-bond acceptors (Lipinski definition) is 8. The fourth-order valence-electron chi connectivity index (χ4n) is 6.11. The summed E-state index contributed by atoms with van der Waals surface area (Å²) in [5.41, 5.74) is 5.16. The minimum atomic E-state index is 0.112. The SMILES string of the molecule is COc1cc(COc2cccc(-c3ccc(C(=O)N4CCN(C5CC5)CC4)cc3)c2)c2cc(-c3cn4nc(C)sc4n3)oc2c1. The molecule has 0 N–H and O–H groups in total. The number of furan rings is 1. The zero-order valence-corrected chi connectivity index (χ0v) is 26.0. The van der Waals surface area contributed by atoms with Gasteiger partial charge in [-0.05, 0) is 67.3 Å². The van der Waals surface area contributed by atoms with E-state index in [2.05, 4.69) is 16.1 Å². The van der Waals surface area contributed by atoms with Gasteiger partial charge in [-0.25, -0.2) is 9.50 Å². The summed E-state index contributed by atoms with van der Waals surface area (Å²) in [5.74, 6) is 2.22. The van der Waals surface area contributed by atoms with E-state index in [0.717, 1.165) is 81.3 Å². The fourth-order valence-corrected chi connectivity index (χ4v) is 6.83. The lowest BCUT2D eigenvalue weighted by Gasteiger charge is -2.34. The molecule has 10 heteroatoms. The van der Waals surface area contributed by atoms with Gasteiger partial charge < -0.3 is 18.8 Å². The van der Waals surface area contributed by atoms with Gasteiger partial charge in [-0.1, -0.05) is 35.6 Å². The molecule has 1 aliphatic carbocycles. The maximum Gasteiger partial charge on any atom is 0.253 e. The molecule has 4 heterocycles. The minimum absolute atomic E-state index is 0.112. The number of rotatable bonds is 8. The highest BCUT2D eigenvalue weighted by molar-refractivity contribution is 7.16. The number of imidazole rings is 1. The van der Waals surface area contributed by atoms with Crippen LogP contribution >= 0.6 is 11.3 Å². The van der Waals surface area contributed by atoms with E-state index in [9.17, 15) is 4.79 Å². The lowest BCUT2D eigenvalue weighted by molar-refractivity contribution is 0.0627. The molecule has 8 rings (SSSR count). The van der Waals surface area contributed by atoms with Crippen molar-refractivity contribution in [1.82, 2.24) is 24.4 Å². The Morgan fingerprint density at radius 3 is 2.56 bits per heavy atom. The number of fused-ring (bicyclic) bond motifs is 2. The van der Waals surface area contributed by atoms with Gasteiger partial charge in [0, 0.05) is 54.8 Å². The van der Waals surface area contributed by atoms with E-state index in [1.165, 1.54) is 24.2 Å².